The molecule has 1 fully saturated rings. The molecular formula is C11H22N2O. The lowest BCUT2D eigenvalue weighted by atomic mass is 9.89. The molecule has 1 saturated carbocycles. The Kier molecular flexibility index (Phi) is 3.78. The van der Waals surface area contributed by atoms with Crippen LogP contribution in [-0.4, -0.2) is 18.6 Å². The molecule has 0 heterocycles. The summed E-state index contributed by atoms with van der Waals surface area (Å²) in [7, 11) is 0. The Balaban J connectivity index is 2.22. The van der Waals surface area contributed by atoms with Gasteiger partial charge in [0.2, 0.25) is 0 Å². The van der Waals surface area contributed by atoms with Crippen molar-refractivity contribution in [3.63, 3.8) is 0 Å². The SMILES string of the molecule is CC(C)NC(=O)NCC1(C)CCCC1. The molecule has 1 aliphatic carbocycles. The quantitative estimate of drug-likeness (QED) is 0.717. The second-order valence-corrected chi connectivity index (χ2v) is 5.00. The number of rotatable bonds is 3. The van der Waals surface area contributed by atoms with Gasteiger partial charge in [-0.05, 0) is 32.1 Å². The molecule has 0 saturated heterocycles. The zero-order chi connectivity index (χ0) is 10.6. The molecule has 0 spiro atoms. The first kappa shape index (κ1) is 11.3. The number of urea groups is 1. The van der Waals surface area contributed by atoms with Crippen molar-refractivity contribution >= 4 is 6.03 Å². The van der Waals surface area contributed by atoms with E-state index in [2.05, 4.69) is 17.6 Å². The number of hydrogen-bond donors (Lipinski definition) is 2. The Morgan fingerprint density at radius 1 is 1.36 bits per heavy atom. The average molecular weight is 198 g/mol. The zero-order valence-corrected chi connectivity index (χ0v) is 9.52. The highest BCUT2D eigenvalue weighted by Crippen LogP contribution is 2.36. The fraction of sp³-hybridized carbons (Fsp3) is 0.909. The molecule has 0 bridgehead atoms. The molecule has 0 aromatic heterocycles. The fourth-order valence-electron chi connectivity index (χ4n) is 2.01. The van der Waals surface area contributed by atoms with Crippen molar-refractivity contribution < 1.29 is 4.79 Å². The van der Waals surface area contributed by atoms with Crippen LogP contribution in [0.25, 0.3) is 0 Å². The number of amides is 2. The summed E-state index contributed by atoms with van der Waals surface area (Å²) in [5.74, 6) is 0. The van der Waals surface area contributed by atoms with Gasteiger partial charge in [-0.2, -0.15) is 0 Å². The van der Waals surface area contributed by atoms with Crippen molar-refractivity contribution in [1.29, 1.82) is 0 Å². The Morgan fingerprint density at radius 2 is 1.93 bits per heavy atom. The summed E-state index contributed by atoms with van der Waals surface area (Å²) in [5.41, 5.74) is 0.342. The Morgan fingerprint density at radius 3 is 2.43 bits per heavy atom. The van der Waals surface area contributed by atoms with Crippen LogP contribution in [0.2, 0.25) is 0 Å². The standard InChI is InChI=1S/C11H22N2O/c1-9(2)13-10(14)12-8-11(3)6-4-5-7-11/h9H,4-8H2,1-3H3,(H2,12,13,14). The second kappa shape index (κ2) is 4.67. The predicted octanol–water partition coefficient (Wildman–Crippen LogP) is 2.27. The molecule has 1 aliphatic rings. The lowest BCUT2D eigenvalue weighted by Crippen LogP contribution is -2.43. The largest absolute Gasteiger partial charge is 0.338 e. The van der Waals surface area contributed by atoms with Crippen molar-refractivity contribution in [2.75, 3.05) is 6.54 Å². The molecule has 82 valence electrons. The van der Waals surface area contributed by atoms with Crippen molar-refractivity contribution in [1.82, 2.24) is 10.6 Å². The smallest absolute Gasteiger partial charge is 0.315 e. The number of carbonyl (C=O) groups is 1. The van der Waals surface area contributed by atoms with Gasteiger partial charge in [0.25, 0.3) is 0 Å². The minimum atomic E-state index is -0.0341. The summed E-state index contributed by atoms with van der Waals surface area (Å²) in [6, 6.07) is 0.180. The predicted molar refractivity (Wildman–Crippen MR) is 58.2 cm³/mol. The Hall–Kier alpha value is -0.730. The first-order valence-electron chi connectivity index (χ1n) is 5.56. The maximum absolute atomic E-state index is 11.3. The van der Waals surface area contributed by atoms with Crippen molar-refractivity contribution in [2.24, 2.45) is 5.41 Å². The molecule has 0 atom stereocenters. The summed E-state index contributed by atoms with van der Waals surface area (Å²) in [5, 5.41) is 5.78. The van der Waals surface area contributed by atoms with E-state index in [9.17, 15) is 4.79 Å². The van der Waals surface area contributed by atoms with Crippen LogP contribution < -0.4 is 10.6 Å². The molecule has 3 nitrogen and oxygen atoms in total. The minimum Gasteiger partial charge on any atom is -0.338 e. The van der Waals surface area contributed by atoms with E-state index in [1.54, 1.807) is 0 Å². The number of carbonyl (C=O) groups excluding carboxylic acids is 1. The highest BCUT2D eigenvalue weighted by molar-refractivity contribution is 5.74. The van der Waals surface area contributed by atoms with Crippen molar-refractivity contribution in [2.45, 2.75) is 52.5 Å². The zero-order valence-electron chi connectivity index (χ0n) is 9.52. The van der Waals surface area contributed by atoms with Gasteiger partial charge in [-0.15, -0.1) is 0 Å². The summed E-state index contributed by atoms with van der Waals surface area (Å²) >= 11 is 0. The van der Waals surface area contributed by atoms with E-state index in [4.69, 9.17) is 0 Å². The van der Waals surface area contributed by atoms with Crippen molar-refractivity contribution in [3.05, 3.63) is 0 Å². The van der Waals surface area contributed by atoms with Crippen LogP contribution in [-0.2, 0) is 0 Å². The average Bonchev–Trinajstić information content (AvgIpc) is 2.49. The molecule has 14 heavy (non-hydrogen) atoms. The summed E-state index contributed by atoms with van der Waals surface area (Å²) in [6.45, 7) is 7.01. The van der Waals surface area contributed by atoms with Gasteiger partial charge in [-0.1, -0.05) is 19.8 Å². The summed E-state index contributed by atoms with van der Waals surface area (Å²) < 4.78 is 0. The lowest BCUT2D eigenvalue weighted by molar-refractivity contribution is 0.229. The van der Waals surface area contributed by atoms with Gasteiger partial charge in [0.1, 0.15) is 0 Å². The molecule has 2 amide bonds. The van der Waals surface area contributed by atoms with E-state index in [0.29, 0.717) is 5.41 Å². The maximum atomic E-state index is 11.3. The monoisotopic (exact) mass is 198 g/mol. The van der Waals surface area contributed by atoms with Crippen LogP contribution >= 0.6 is 0 Å². The van der Waals surface area contributed by atoms with E-state index < -0.39 is 0 Å². The third kappa shape index (κ3) is 3.56. The molecule has 2 N–H and O–H groups in total. The highest BCUT2D eigenvalue weighted by Gasteiger charge is 2.28. The Bertz CT molecular complexity index is 195. The Labute approximate surface area is 86.6 Å². The normalized spacial score (nSPS) is 19.7. The second-order valence-electron chi connectivity index (χ2n) is 5.00. The van der Waals surface area contributed by atoms with E-state index in [0.717, 1.165) is 6.54 Å². The third-order valence-electron chi connectivity index (χ3n) is 2.91. The summed E-state index contributed by atoms with van der Waals surface area (Å²) in [6.07, 6.45) is 5.11. The molecule has 0 aromatic carbocycles. The molecule has 3 heteroatoms. The van der Waals surface area contributed by atoms with Gasteiger partial charge in [0.15, 0.2) is 0 Å². The van der Waals surface area contributed by atoms with Gasteiger partial charge in [-0.25, -0.2) is 4.79 Å². The molecule has 0 unspecified atom stereocenters. The van der Waals surface area contributed by atoms with E-state index >= 15 is 0 Å². The first-order valence-corrected chi connectivity index (χ1v) is 5.56. The van der Waals surface area contributed by atoms with E-state index in [-0.39, 0.29) is 12.1 Å². The van der Waals surface area contributed by atoms with E-state index in [1.807, 2.05) is 13.8 Å². The molecule has 0 aromatic rings. The number of hydrogen-bond acceptors (Lipinski definition) is 1. The van der Waals surface area contributed by atoms with Gasteiger partial charge in [0, 0.05) is 12.6 Å². The fourth-order valence-corrected chi connectivity index (χ4v) is 2.01. The van der Waals surface area contributed by atoms with Gasteiger partial charge >= 0.3 is 6.03 Å². The van der Waals surface area contributed by atoms with Crippen LogP contribution in [0.4, 0.5) is 4.79 Å². The molecular weight excluding hydrogens is 176 g/mol. The number of nitrogens with one attached hydrogen (secondary N) is 2. The summed E-state index contributed by atoms with van der Waals surface area (Å²) in [4.78, 5) is 11.3. The lowest BCUT2D eigenvalue weighted by Gasteiger charge is -2.24. The van der Waals surface area contributed by atoms with Gasteiger partial charge < -0.3 is 10.6 Å². The highest BCUT2D eigenvalue weighted by atomic mass is 16.2. The van der Waals surface area contributed by atoms with E-state index in [1.165, 1.54) is 25.7 Å². The third-order valence-corrected chi connectivity index (χ3v) is 2.91. The minimum absolute atomic E-state index is 0.0341. The molecule has 1 rings (SSSR count). The molecule has 0 aliphatic heterocycles. The van der Waals surface area contributed by atoms with Crippen molar-refractivity contribution in [3.8, 4) is 0 Å². The van der Waals surface area contributed by atoms with Crippen LogP contribution in [0.5, 0.6) is 0 Å². The maximum Gasteiger partial charge on any atom is 0.315 e. The van der Waals surface area contributed by atoms with Crippen LogP contribution in [0, 0.1) is 5.41 Å². The van der Waals surface area contributed by atoms with Gasteiger partial charge in [-0.3, -0.25) is 0 Å². The first-order chi connectivity index (χ1) is 6.52. The van der Waals surface area contributed by atoms with Crippen LogP contribution in [0.3, 0.4) is 0 Å². The van der Waals surface area contributed by atoms with Gasteiger partial charge in [0.05, 0.1) is 0 Å². The van der Waals surface area contributed by atoms with Crippen LogP contribution in [0.1, 0.15) is 46.5 Å². The van der Waals surface area contributed by atoms with Crippen LogP contribution in [0.15, 0.2) is 0 Å². The molecule has 0 radical (unpaired) electrons. The topological polar surface area (TPSA) is 41.1 Å².